The van der Waals surface area contributed by atoms with Crippen LogP contribution in [0.5, 0.6) is 0 Å². The number of nitrogens with zero attached hydrogens (tertiary/aromatic N) is 1. The van der Waals surface area contributed by atoms with Gasteiger partial charge in [-0.15, -0.1) is 0 Å². The fourth-order valence-corrected chi connectivity index (χ4v) is 2.05. The SMILES string of the molecule is CC1=CCCN(C(=O)c2cccc(C(=O)O)c2)C1. The highest BCUT2D eigenvalue weighted by Gasteiger charge is 2.18. The fraction of sp³-hybridized carbons (Fsp3) is 0.286. The molecule has 1 aromatic carbocycles. The van der Waals surface area contributed by atoms with Gasteiger partial charge >= 0.3 is 5.97 Å². The van der Waals surface area contributed by atoms with Crippen molar-refractivity contribution >= 4 is 11.9 Å². The van der Waals surface area contributed by atoms with E-state index < -0.39 is 5.97 Å². The van der Waals surface area contributed by atoms with Gasteiger partial charge in [0.05, 0.1) is 5.56 Å². The van der Waals surface area contributed by atoms with Gasteiger partial charge in [0.15, 0.2) is 0 Å². The van der Waals surface area contributed by atoms with Crippen LogP contribution < -0.4 is 0 Å². The zero-order valence-electron chi connectivity index (χ0n) is 10.2. The maximum atomic E-state index is 12.2. The third kappa shape index (κ3) is 2.59. The smallest absolute Gasteiger partial charge is 0.335 e. The fourth-order valence-electron chi connectivity index (χ4n) is 2.05. The summed E-state index contributed by atoms with van der Waals surface area (Å²) in [6, 6.07) is 6.17. The highest BCUT2D eigenvalue weighted by atomic mass is 16.4. The van der Waals surface area contributed by atoms with Crippen LogP contribution in [0, 0.1) is 0 Å². The Balaban J connectivity index is 2.21. The highest BCUT2D eigenvalue weighted by Crippen LogP contribution is 2.14. The van der Waals surface area contributed by atoms with Gasteiger partial charge in [-0.1, -0.05) is 17.7 Å². The Hall–Kier alpha value is -2.10. The molecule has 94 valence electrons. The van der Waals surface area contributed by atoms with Gasteiger partial charge in [-0.3, -0.25) is 4.79 Å². The van der Waals surface area contributed by atoms with Gasteiger partial charge in [0, 0.05) is 18.7 Å². The molecule has 0 aromatic heterocycles. The summed E-state index contributed by atoms with van der Waals surface area (Å²) in [6.45, 7) is 3.30. The second-order valence-corrected chi connectivity index (χ2v) is 4.45. The average Bonchev–Trinajstić information content (AvgIpc) is 2.38. The maximum absolute atomic E-state index is 12.2. The van der Waals surface area contributed by atoms with Gasteiger partial charge in [-0.2, -0.15) is 0 Å². The molecule has 4 nitrogen and oxygen atoms in total. The zero-order valence-corrected chi connectivity index (χ0v) is 10.2. The van der Waals surface area contributed by atoms with Crippen LogP contribution in [-0.4, -0.2) is 35.0 Å². The summed E-state index contributed by atoms with van der Waals surface area (Å²) in [5.74, 6) is -1.12. The summed E-state index contributed by atoms with van der Waals surface area (Å²) in [5.41, 5.74) is 1.75. The summed E-state index contributed by atoms with van der Waals surface area (Å²) >= 11 is 0. The number of amides is 1. The predicted molar refractivity (Wildman–Crippen MR) is 67.7 cm³/mol. The Kier molecular flexibility index (Phi) is 3.46. The molecule has 0 spiro atoms. The van der Waals surface area contributed by atoms with Crippen LogP contribution in [0.25, 0.3) is 0 Å². The molecule has 0 bridgehead atoms. The van der Waals surface area contributed by atoms with Crippen LogP contribution in [0.1, 0.15) is 34.1 Å². The number of carboxylic acid groups (broad SMARTS) is 1. The molecular formula is C14H15NO3. The predicted octanol–water partition coefficient (Wildman–Crippen LogP) is 2.18. The lowest BCUT2D eigenvalue weighted by molar-refractivity contribution is 0.0697. The molecule has 4 heteroatoms. The van der Waals surface area contributed by atoms with Gasteiger partial charge in [0.1, 0.15) is 0 Å². The van der Waals surface area contributed by atoms with Gasteiger partial charge in [-0.25, -0.2) is 4.79 Å². The molecule has 0 radical (unpaired) electrons. The van der Waals surface area contributed by atoms with Crippen LogP contribution in [-0.2, 0) is 0 Å². The molecule has 18 heavy (non-hydrogen) atoms. The summed E-state index contributed by atoms with van der Waals surface area (Å²) in [4.78, 5) is 24.8. The van der Waals surface area contributed by atoms with Crippen LogP contribution in [0.3, 0.4) is 0 Å². The molecule has 1 aromatic rings. The summed E-state index contributed by atoms with van der Waals surface area (Å²) in [5, 5.41) is 8.91. The van der Waals surface area contributed by atoms with Crippen molar-refractivity contribution in [3.63, 3.8) is 0 Å². The third-order valence-electron chi connectivity index (χ3n) is 2.98. The van der Waals surface area contributed by atoms with Gasteiger partial charge < -0.3 is 10.0 Å². The van der Waals surface area contributed by atoms with Crippen molar-refractivity contribution in [1.82, 2.24) is 4.90 Å². The van der Waals surface area contributed by atoms with Crippen LogP contribution >= 0.6 is 0 Å². The third-order valence-corrected chi connectivity index (χ3v) is 2.98. The van der Waals surface area contributed by atoms with Gasteiger partial charge in [-0.05, 0) is 31.5 Å². The number of carboxylic acids is 1. The average molecular weight is 245 g/mol. The molecular weight excluding hydrogens is 230 g/mol. The number of carbonyl (C=O) groups excluding carboxylic acids is 1. The van der Waals surface area contributed by atoms with Crippen molar-refractivity contribution in [3.05, 3.63) is 47.0 Å². The molecule has 0 atom stereocenters. The van der Waals surface area contributed by atoms with E-state index in [1.807, 2.05) is 6.92 Å². The van der Waals surface area contributed by atoms with Crippen molar-refractivity contribution in [3.8, 4) is 0 Å². The molecule has 0 saturated carbocycles. The summed E-state index contributed by atoms with van der Waals surface area (Å²) < 4.78 is 0. The Morgan fingerprint density at radius 3 is 2.67 bits per heavy atom. The second-order valence-electron chi connectivity index (χ2n) is 4.45. The molecule has 2 rings (SSSR count). The van der Waals surface area contributed by atoms with Crippen molar-refractivity contribution in [1.29, 1.82) is 0 Å². The first-order valence-corrected chi connectivity index (χ1v) is 5.86. The van der Waals surface area contributed by atoms with E-state index in [4.69, 9.17) is 5.11 Å². The minimum atomic E-state index is -1.01. The zero-order chi connectivity index (χ0) is 13.1. The molecule has 1 N–H and O–H groups in total. The molecule has 1 amide bonds. The molecule has 0 aliphatic carbocycles. The standard InChI is InChI=1S/C14H15NO3/c1-10-4-3-7-15(9-10)13(16)11-5-2-6-12(8-11)14(17)18/h2,4-6,8H,3,7,9H2,1H3,(H,17,18). The Bertz CT molecular complexity index is 520. The van der Waals surface area contributed by atoms with Crippen molar-refractivity contribution in [2.45, 2.75) is 13.3 Å². The Morgan fingerprint density at radius 1 is 1.28 bits per heavy atom. The largest absolute Gasteiger partial charge is 0.478 e. The summed E-state index contributed by atoms with van der Waals surface area (Å²) in [6.07, 6.45) is 2.98. The summed E-state index contributed by atoms with van der Waals surface area (Å²) in [7, 11) is 0. The highest BCUT2D eigenvalue weighted by molar-refractivity contribution is 5.97. The number of rotatable bonds is 2. The quantitative estimate of drug-likeness (QED) is 0.812. The van der Waals surface area contributed by atoms with E-state index in [-0.39, 0.29) is 11.5 Å². The first kappa shape index (κ1) is 12.4. The molecule has 0 saturated heterocycles. The van der Waals surface area contributed by atoms with E-state index in [1.165, 1.54) is 17.7 Å². The lowest BCUT2D eigenvalue weighted by Crippen LogP contribution is -2.35. The number of carbonyl (C=O) groups is 2. The number of hydrogen-bond acceptors (Lipinski definition) is 2. The number of hydrogen-bond donors (Lipinski definition) is 1. The first-order valence-electron chi connectivity index (χ1n) is 5.86. The van der Waals surface area contributed by atoms with Gasteiger partial charge in [0.2, 0.25) is 0 Å². The maximum Gasteiger partial charge on any atom is 0.335 e. The Morgan fingerprint density at radius 2 is 2.00 bits per heavy atom. The lowest BCUT2D eigenvalue weighted by Gasteiger charge is -2.26. The van der Waals surface area contributed by atoms with Gasteiger partial charge in [0.25, 0.3) is 5.91 Å². The van der Waals surface area contributed by atoms with E-state index in [9.17, 15) is 9.59 Å². The lowest BCUT2D eigenvalue weighted by atomic mass is 10.1. The van der Waals surface area contributed by atoms with Crippen LogP contribution in [0.2, 0.25) is 0 Å². The monoisotopic (exact) mass is 245 g/mol. The minimum absolute atomic E-state index is 0.106. The van der Waals surface area contributed by atoms with E-state index in [0.29, 0.717) is 18.7 Å². The molecule has 1 heterocycles. The van der Waals surface area contributed by atoms with E-state index >= 15 is 0 Å². The van der Waals surface area contributed by atoms with Crippen molar-refractivity contribution in [2.75, 3.05) is 13.1 Å². The Labute approximate surface area is 106 Å². The number of aromatic carboxylic acids is 1. The van der Waals surface area contributed by atoms with Crippen molar-refractivity contribution in [2.24, 2.45) is 0 Å². The molecule has 0 unspecified atom stereocenters. The minimum Gasteiger partial charge on any atom is -0.478 e. The molecule has 1 aliphatic heterocycles. The first-order chi connectivity index (χ1) is 8.58. The van der Waals surface area contributed by atoms with E-state index in [2.05, 4.69) is 6.08 Å². The number of benzene rings is 1. The van der Waals surface area contributed by atoms with Crippen LogP contribution in [0.4, 0.5) is 0 Å². The normalized spacial score (nSPS) is 15.2. The molecule has 1 aliphatic rings. The van der Waals surface area contributed by atoms with Crippen molar-refractivity contribution < 1.29 is 14.7 Å². The molecule has 0 fully saturated rings. The second kappa shape index (κ2) is 5.04. The van der Waals surface area contributed by atoms with E-state index in [1.54, 1.807) is 17.0 Å². The topological polar surface area (TPSA) is 57.6 Å². The van der Waals surface area contributed by atoms with Crippen LogP contribution in [0.15, 0.2) is 35.9 Å². The van der Waals surface area contributed by atoms with E-state index in [0.717, 1.165) is 6.42 Å².